The molecule has 0 aliphatic carbocycles. The topological polar surface area (TPSA) is 72.5 Å². The minimum Gasteiger partial charge on any atom is -0.466 e. The van der Waals surface area contributed by atoms with Gasteiger partial charge in [-0.05, 0) is 23.4 Å². The van der Waals surface area contributed by atoms with Crippen molar-refractivity contribution in [3.63, 3.8) is 0 Å². The number of ether oxygens (including phenoxy) is 1. The normalized spacial score (nSPS) is 13.1. The van der Waals surface area contributed by atoms with Crippen molar-refractivity contribution in [2.24, 2.45) is 0 Å². The lowest BCUT2D eigenvalue weighted by molar-refractivity contribution is -0.134. The summed E-state index contributed by atoms with van der Waals surface area (Å²) in [5.74, 6) is -0.474. The van der Waals surface area contributed by atoms with E-state index in [4.69, 9.17) is 0 Å². The summed E-state index contributed by atoms with van der Waals surface area (Å²) in [5.41, 5.74) is 0.821. The molecule has 122 valence electrons. The Morgan fingerprint density at radius 1 is 1.26 bits per heavy atom. The lowest BCUT2D eigenvalue weighted by Gasteiger charge is -2.17. The van der Waals surface area contributed by atoms with Crippen LogP contribution in [0.15, 0.2) is 64.2 Å². The van der Waals surface area contributed by atoms with Crippen LogP contribution in [0.2, 0.25) is 0 Å². The molecule has 0 radical (unpaired) electrons. The van der Waals surface area contributed by atoms with Crippen LogP contribution >= 0.6 is 11.3 Å². The minimum absolute atomic E-state index is 0.260. The van der Waals surface area contributed by atoms with E-state index in [2.05, 4.69) is 9.46 Å². The number of nitrogens with one attached hydrogen (secondary N) is 1. The van der Waals surface area contributed by atoms with Gasteiger partial charge in [0, 0.05) is 6.08 Å². The predicted molar refractivity (Wildman–Crippen MR) is 89.6 cm³/mol. The Labute approximate surface area is 139 Å². The van der Waals surface area contributed by atoms with Crippen LogP contribution in [0.1, 0.15) is 18.0 Å². The summed E-state index contributed by atoms with van der Waals surface area (Å²) in [6.45, 7) is 0. The summed E-state index contributed by atoms with van der Waals surface area (Å²) in [5, 5.41) is 1.71. The van der Waals surface area contributed by atoms with Gasteiger partial charge in [0.15, 0.2) is 0 Å². The van der Waals surface area contributed by atoms with Crippen molar-refractivity contribution in [1.29, 1.82) is 0 Å². The number of hydrogen-bond acceptors (Lipinski definition) is 5. The zero-order valence-corrected chi connectivity index (χ0v) is 14.1. The van der Waals surface area contributed by atoms with Crippen LogP contribution in [0.5, 0.6) is 0 Å². The van der Waals surface area contributed by atoms with Gasteiger partial charge in [-0.2, -0.15) is 0 Å². The maximum absolute atomic E-state index is 12.4. The second kappa shape index (κ2) is 8.05. The van der Waals surface area contributed by atoms with Gasteiger partial charge in [0.1, 0.15) is 4.21 Å². The largest absolute Gasteiger partial charge is 0.466 e. The molecule has 7 heteroatoms. The summed E-state index contributed by atoms with van der Waals surface area (Å²) in [6, 6.07) is 12.0. The first kappa shape index (κ1) is 17.4. The number of methoxy groups -OCH3 is 1. The Balaban J connectivity index is 2.20. The highest BCUT2D eigenvalue weighted by Gasteiger charge is 2.21. The van der Waals surface area contributed by atoms with Crippen molar-refractivity contribution >= 4 is 27.3 Å². The fourth-order valence-corrected chi connectivity index (χ4v) is 4.21. The first-order chi connectivity index (χ1) is 11.0. The molecule has 0 aliphatic rings. The van der Waals surface area contributed by atoms with Crippen molar-refractivity contribution in [1.82, 2.24) is 4.72 Å². The molecule has 2 aromatic rings. The van der Waals surface area contributed by atoms with Gasteiger partial charge in [0.25, 0.3) is 10.0 Å². The second-order valence-electron chi connectivity index (χ2n) is 4.68. The monoisotopic (exact) mass is 351 g/mol. The summed E-state index contributed by atoms with van der Waals surface area (Å²) in [7, 11) is -2.31. The first-order valence-electron chi connectivity index (χ1n) is 6.88. The van der Waals surface area contributed by atoms with Crippen LogP contribution in [-0.2, 0) is 19.6 Å². The lowest BCUT2D eigenvalue weighted by atomic mass is 10.0. The number of carbonyl (C=O) groups is 1. The van der Waals surface area contributed by atoms with Crippen molar-refractivity contribution in [2.75, 3.05) is 7.11 Å². The zero-order valence-electron chi connectivity index (χ0n) is 12.5. The van der Waals surface area contributed by atoms with Gasteiger partial charge >= 0.3 is 5.97 Å². The van der Waals surface area contributed by atoms with Crippen molar-refractivity contribution in [2.45, 2.75) is 16.7 Å². The molecule has 0 spiro atoms. The van der Waals surface area contributed by atoms with E-state index in [0.29, 0.717) is 6.42 Å². The fourth-order valence-electron chi connectivity index (χ4n) is 1.97. The molecule has 0 amide bonds. The summed E-state index contributed by atoms with van der Waals surface area (Å²) >= 11 is 1.16. The van der Waals surface area contributed by atoms with E-state index in [9.17, 15) is 13.2 Å². The molecule has 2 rings (SSSR count). The number of esters is 1. The highest BCUT2D eigenvalue weighted by Crippen LogP contribution is 2.23. The average Bonchev–Trinajstić information content (AvgIpc) is 3.10. The van der Waals surface area contributed by atoms with E-state index >= 15 is 0 Å². The van der Waals surface area contributed by atoms with Crippen molar-refractivity contribution < 1.29 is 17.9 Å². The highest BCUT2D eigenvalue weighted by molar-refractivity contribution is 7.91. The SMILES string of the molecule is COC(=O)/C=C/C[C@@H](NS(=O)(=O)c1cccs1)c1ccccc1. The zero-order chi connectivity index (χ0) is 16.7. The van der Waals surface area contributed by atoms with Crippen LogP contribution < -0.4 is 4.72 Å². The molecule has 0 bridgehead atoms. The van der Waals surface area contributed by atoms with Crippen LogP contribution in [-0.4, -0.2) is 21.5 Å². The van der Waals surface area contributed by atoms with E-state index in [1.165, 1.54) is 13.2 Å². The molecule has 1 N–H and O–H groups in total. The van der Waals surface area contributed by atoms with Crippen LogP contribution in [0.3, 0.4) is 0 Å². The quantitative estimate of drug-likeness (QED) is 0.615. The molecular weight excluding hydrogens is 334 g/mol. The van der Waals surface area contributed by atoms with E-state index in [0.717, 1.165) is 16.9 Å². The average molecular weight is 351 g/mol. The van der Waals surface area contributed by atoms with Gasteiger partial charge in [-0.15, -0.1) is 11.3 Å². The third kappa shape index (κ3) is 5.02. The molecule has 1 atom stereocenters. The predicted octanol–water partition coefficient (Wildman–Crippen LogP) is 2.89. The fraction of sp³-hybridized carbons (Fsp3) is 0.188. The number of carbonyl (C=O) groups excluding carboxylic acids is 1. The Kier molecular flexibility index (Phi) is 6.09. The molecule has 23 heavy (non-hydrogen) atoms. The summed E-state index contributed by atoms with van der Waals surface area (Å²) < 4.78 is 32.3. The Morgan fingerprint density at radius 2 is 2.00 bits per heavy atom. The molecular formula is C16H17NO4S2. The third-order valence-corrected chi connectivity index (χ3v) is 5.96. The van der Waals surface area contributed by atoms with Gasteiger partial charge in [-0.25, -0.2) is 17.9 Å². The molecule has 0 saturated heterocycles. The number of benzene rings is 1. The molecule has 5 nitrogen and oxygen atoms in total. The highest BCUT2D eigenvalue weighted by atomic mass is 32.2. The number of sulfonamides is 1. The van der Waals surface area contributed by atoms with E-state index in [-0.39, 0.29) is 4.21 Å². The second-order valence-corrected chi connectivity index (χ2v) is 7.57. The molecule has 1 aromatic heterocycles. The van der Waals surface area contributed by atoms with Gasteiger partial charge in [0.2, 0.25) is 0 Å². The standard InChI is InChI=1S/C16H17NO4S2/c1-21-15(18)10-5-9-14(13-7-3-2-4-8-13)17-23(19,20)16-11-6-12-22-16/h2-8,10-12,14,17H,9H2,1H3/b10-5+/t14-/m1/s1. The molecule has 0 aliphatic heterocycles. The van der Waals surface area contributed by atoms with Crippen LogP contribution in [0.25, 0.3) is 0 Å². The van der Waals surface area contributed by atoms with Crippen molar-refractivity contribution in [3.8, 4) is 0 Å². The summed E-state index contributed by atoms with van der Waals surface area (Å²) in [4.78, 5) is 11.2. The summed E-state index contributed by atoms with van der Waals surface area (Å²) in [6.07, 6.45) is 3.22. The maximum atomic E-state index is 12.4. The molecule has 0 saturated carbocycles. The van der Waals surface area contributed by atoms with Gasteiger partial charge in [0.05, 0.1) is 13.2 Å². The van der Waals surface area contributed by atoms with Crippen LogP contribution in [0, 0.1) is 0 Å². The van der Waals surface area contributed by atoms with Crippen LogP contribution in [0.4, 0.5) is 0 Å². The maximum Gasteiger partial charge on any atom is 0.330 e. The minimum atomic E-state index is -3.60. The Bertz CT molecular complexity index is 753. The molecule has 1 aromatic carbocycles. The van der Waals surface area contributed by atoms with E-state index in [1.807, 2.05) is 30.3 Å². The van der Waals surface area contributed by atoms with Gasteiger partial charge < -0.3 is 4.74 Å². The number of hydrogen-bond donors (Lipinski definition) is 1. The Morgan fingerprint density at radius 3 is 2.61 bits per heavy atom. The van der Waals surface area contributed by atoms with Gasteiger partial charge in [-0.3, -0.25) is 0 Å². The lowest BCUT2D eigenvalue weighted by Crippen LogP contribution is -2.27. The van der Waals surface area contributed by atoms with Gasteiger partial charge in [-0.1, -0.05) is 42.5 Å². The third-order valence-electron chi connectivity index (χ3n) is 3.09. The first-order valence-corrected chi connectivity index (χ1v) is 9.24. The molecule has 1 heterocycles. The smallest absolute Gasteiger partial charge is 0.330 e. The Hall–Kier alpha value is -1.96. The molecule has 0 unspecified atom stereocenters. The van der Waals surface area contributed by atoms with E-state index < -0.39 is 22.0 Å². The van der Waals surface area contributed by atoms with Crippen molar-refractivity contribution in [3.05, 3.63) is 65.6 Å². The number of rotatable bonds is 7. The van der Waals surface area contributed by atoms with E-state index in [1.54, 1.807) is 23.6 Å². The molecule has 0 fully saturated rings. The number of thiophene rings is 1.